The van der Waals surface area contributed by atoms with Gasteiger partial charge in [0, 0.05) is 23.6 Å². The molecule has 0 atom stereocenters. The van der Waals surface area contributed by atoms with Crippen molar-refractivity contribution in [2.75, 3.05) is 20.6 Å². The quantitative estimate of drug-likeness (QED) is 0.472. The van der Waals surface area contributed by atoms with Gasteiger partial charge in [-0.05, 0) is 38.2 Å². The first-order chi connectivity index (χ1) is 9.97. The topological polar surface area (TPSA) is 88.4 Å². The highest BCUT2D eigenvalue weighted by atomic mass is 16.5. The van der Waals surface area contributed by atoms with Crippen LogP contribution in [0.4, 0.5) is 0 Å². The van der Waals surface area contributed by atoms with Crippen molar-refractivity contribution < 1.29 is 14.3 Å². The summed E-state index contributed by atoms with van der Waals surface area (Å²) in [6.07, 6.45) is 2.32. The van der Waals surface area contributed by atoms with E-state index in [-0.39, 0.29) is 0 Å². The highest BCUT2D eigenvalue weighted by Gasteiger charge is 2.14. The van der Waals surface area contributed by atoms with Crippen LogP contribution in [0.3, 0.4) is 0 Å². The molecule has 0 radical (unpaired) electrons. The van der Waals surface area contributed by atoms with E-state index in [2.05, 4.69) is 9.88 Å². The van der Waals surface area contributed by atoms with Crippen molar-refractivity contribution in [3.8, 4) is 5.75 Å². The molecule has 21 heavy (non-hydrogen) atoms. The Bertz CT molecular complexity index is 661. The van der Waals surface area contributed by atoms with Crippen LogP contribution >= 0.6 is 0 Å². The van der Waals surface area contributed by atoms with E-state index in [9.17, 15) is 9.59 Å². The van der Waals surface area contributed by atoms with Crippen LogP contribution in [0.2, 0.25) is 0 Å². The number of rotatable bonds is 6. The summed E-state index contributed by atoms with van der Waals surface area (Å²) in [6, 6.07) is 5.43. The first-order valence-corrected chi connectivity index (χ1v) is 6.70. The van der Waals surface area contributed by atoms with Crippen LogP contribution in [0.5, 0.6) is 5.75 Å². The molecule has 0 saturated carbocycles. The first kappa shape index (κ1) is 15.1. The summed E-state index contributed by atoms with van der Waals surface area (Å²) in [6.45, 7) is 0.885. The fourth-order valence-corrected chi connectivity index (χ4v) is 2.15. The second-order valence-corrected chi connectivity index (χ2v) is 5.16. The zero-order chi connectivity index (χ0) is 15.4. The number of nitrogens with zero attached hydrogens (tertiary/aromatic N) is 1. The van der Waals surface area contributed by atoms with Gasteiger partial charge < -0.3 is 20.4 Å². The Labute approximate surface area is 122 Å². The highest BCUT2D eigenvalue weighted by molar-refractivity contribution is 5.96. The van der Waals surface area contributed by atoms with E-state index in [1.807, 2.05) is 26.4 Å². The number of nitrogens with one attached hydrogen (secondary N) is 1. The fourth-order valence-electron chi connectivity index (χ4n) is 2.15. The van der Waals surface area contributed by atoms with Crippen molar-refractivity contribution in [1.29, 1.82) is 0 Å². The molecule has 112 valence electrons. The van der Waals surface area contributed by atoms with Gasteiger partial charge in [-0.1, -0.05) is 6.07 Å². The number of nitrogens with two attached hydrogens (primary N) is 1. The predicted octanol–water partition coefficient (Wildman–Crippen LogP) is 1.05. The maximum Gasteiger partial charge on any atom is 0.320 e. The number of likely N-dealkylation sites (N-methyl/N-ethyl adjacent to an activating group) is 1. The average Bonchev–Trinajstić information content (AvgIpc) is 2.79. The minimum Gasteiger partial charge on any atom is -0.425 e. The third kappa shape index (κ3) is 3.82. The average molecular weight is 289 g/mol. The van der Waals surface area contributed by atoms with Crippen molar-refractivity contribution >= 4 is 22.8 Å². The van der Waals surface area contributed by atoms with Crippen LogP contribution < -0.4 is 10.5 Å². The zero-order valence-electron chi connectivity index (χ0n) is 12.2. The van der Waals surface area contributed by atoms with Crippen molar-refractivity contribution in [2.24, 2.45) is 5.73 Å². The third-order valence-electron chi connectivity index (χ3n) is 3.12. The molecular weight excluding hydrogens is 270 g/mol. The van der Waals surface area contributed by atoms with Crippen molar-refractivity contribution in [3.63, 3.8) is 0 Å². The molecule has 6 heteroatoms. The van der Waals surface area contributed by atoms with Crippen LogP contribution in [-0.4, -0.2) is 42.4 Å². The Kier molecular flexibility index (Phi) is 4.59. The number of esters is 1. The van der Waals surface area contributed by atoms with E-state index in [1.165, 1.54) is 0 Å². The minimum absolute atomic E-state index is 0.423. The second kappa shape index (κ2) is 6.41. The molecular formula is C15H19N3O3. The monoisotopic (exact) mass is 289 g/mol. The van der Waals surface area contributed by atoms with Gasteiger partial charge in [-0.25, -0.2) is 0 Å². The van der Waals surface area contributed by atoms with E-state index < -0.39 is 18.3 Å². The standard InChI is InChI=1S/C15H19N3O3/c1-18(2)7-6-10-9-17-11-4-3-5-12(15(10)11)21-14(20)8-13(16)19/h3-5,9,17H,6-8H2,1-2H3,(H2,16,19). The lowest BCUT2D eigenvalue weighted by molar-refractivity contribution is -0.137. The number of benzene rings is 1. The maximum atomic E-state index is 11.6. The Morgan fingerprint density at radius 1 is 1.33 bits per heavy atom. The summed E-state index contributed by atoms with van der Waals surface area (Å²) >= 11 is 0. The van der Waals surface area contributed by atoms with Crippen LogP contribution in [-0.2, 0) is 16.0 Å². The molecule has 1 amide bonds. The maximum absolute atomic E-state index is 11.6. The molecule has 0 spiro atoms. The van der Waals surface area contributed by atoms with Gasteiger partial charge in [0.05, 0.1) is 0 Å². The molecule has 0 saturated heterocycles. The lowest BCUT2D eigenvalue weighted by atomic mass is 10.1. The van der Waals surface area contributed by atoms with Crippen molar-refractivity contribution in [1.82, 2.24) is 9.88 Å². The second-order valence-electron chi connectivity index (χ2n) is 5.16. The molecule has 3 N–H and O–H groups in total. The van der Waals surface area contributed by atoms with Crippen LogP contribution in [0.25, 0.3) is 10.9 Å². The molecule has 0 bridgehead atoms. The molecule has 2 rings (SSSR count). The number of hydrogen-bond acceptors (Lipinski definition) is 4. The van der Waals surface area contributed by atoms with Gasteiger partial charge in [0.2, 0.25) is 5.91 Å². The van der Waals surface area contributed by atoms with E-state index in [4.69, 9.17) is 10.5 Å². The number of ether oxygens (including phenoxy) is 1. The van der Waals surface area contributed by atoms with Crippen molar-refractivity contribution in [2.45, 2.75) is 12.8 Å². The number of aromatic nitrogens is 1. The predicted molar refractivity (Wildman–Crippen MR) is 80.0 cm³/mol. The van der Waals surface area contributed by atoms with Gasteiger partial charge in [0.15, 0.2) is 0 Å². The van der Waals surface area contributed by atoms with E-state index >= 15 is 0 Å². The minimum atomic E-state index is -0.700. The van der Waals surface area contributed by atoms with Crippen LogP contribution in [0, 0.1) is 0 Å². The molecule has 6 nitrogen and oxygen atoms in total. The molecule has 0 fully saturated rings. The molecule has 2 aromatic rings. The van der Waals surface area contributed by atoms with Crippen LogP contribution in [0.15, 0.2) is 24.4 Å². The van der Waals surface area contributed by atoms with E-state index in [1.54, 1.807) is 12.1 Å². The van der Waals surface area contributed by atoms with E-state index in [0.717, 1.165) is 29.4 Å². The summed E-state index contributed by atoms with van der Waals surface area (Å²) in [4.78, 5) is 27.6. The largest absolute Gasteiger partial charge is 0.425 e. The van der Waals surface area contributed by atoms with Gasteiger partial charge in [-0.2, -0.15) is 0 Å². The normalized spacial score (nSPS) is 11.0. The molecule has 1 aromatic carbocycles. The number of carbonyl (C=O) groups is 2. The number of fused-ring (bicyclic) bond motifs is 1. The number of H-pyrrole nitrogens is 1. The molecule has 0 aliphatic heterocycles. The fraction of sp³-hybridized carbons (Fsp3) is 0.333. The third-order valence-corrected chi connectivity index (χ3v) is 3.12. The summed E-state index contributed by atoms with van der Waals surface area (Å²) in [7, 11) is 4.01. The Hall–Kier alpha value is -2.34. The summed E-state index contributed by atoms with van der Waals surface area (Å²) in [5, 5.41) is 0.872. The van der Waals surface area contributed by atoms with Crippen molar-refractivity contribution in [3.05, 3.63) is 30.0 Å². The smallest absolute Gasteiger partial charge is 0.320 e. The number of amides is 1. The molecule has 0 unspecified atom stereocenters. The molecule has 1 aromatic heterocycles. The Morgan fingerprint density at radius 3 is 2.76 bits per heavy atom. The number of primary amides is 1. The first-order valence-electron chi connectivity index (χ1n) is 6.70. The van der Waals surface area contributed by atoms with Gasteiger partial charge in [-0.15, -0.1) is 0 Å². The summed E-state index contributed by atoms with van der Waals surface area (Å²) in [5.74, 6) is -0.891. The van der Waals surface area contributed by atoms with Gasteiger partial charge in [0.1, 0.15) is 12.2 Å². The molecule has 1 heterocycles. The highest BCUT2D eigenvalue weighted by Crippen LogP contribution is 2.29. The van der Waals surface area contributed by atoms with E-state index in [0.29, 0.717) is 5.75 Å². The summed E-state index contributed by atoms with van der Waals surface area (Å²) < 4.78 is 5.27. The van der Waals surface area contributed by atoms with Crippen LogP contribution in [0.1, 0.15) is 12.0 Å². The molecule has 0 aliphatic rings. The van der Waals surface area contributed by atoms with Gasteiger partial charge in [0.25, 0.3) is 0 Å². The Balaban J connectivity index is 2.28. The van der Waals surface area contributed by atoms with Gasteiger partial charge in [-0.3, -0.25) is 9.59 Å². The lowest BCUT2D eigenvalue weighted by Crippen LogP contribution is -2.20. The van der Waals surface area contributed by atoms with Gasteiger partial charge >= 0.3 is 5.97 Å². The SMILES string of the molecule is CN(C)CCc1c[nH]c2cccc(OC(=O)CC(N)=O)c12. The number of aromatic amines is 1. The number of carbonyl (C=O) groups excluding carboxylic acids is 2. The Morgan fingerprint density at radius 2 is 2.10 bits per heavy atom. The zero-order valence-corrected chi connectivity index (χ0v) is 12.2. The molecule has 0 aliphatic carbocycles. The summed E-state index contributed by atoms with van der Waals surface area (Å²) in [5.41, 5.74) is 6.97. The number of hydrogen-bond donors (Lipinski definition) is 2. The lowest BCUT2D eigenvalue weighted by Gasteiger charge is -2.10.